The Morgan fingerprint density at radius 1 is 1.11 bits per heavy atom. The Kier molecular flexibility index (Phi) is 3.97. The number of carbonyl (C=O) groups is 2. The quantitative estimate of drug-likeness (QED) is 0.858. The zero-order chi connectivity index (χ0) is 13.0. The van der Waals surface area contributed by atoms with Gasteiger partial charge in [-0.25, -0.2) is 0 Å². The first-order valence-electron chi connectivity index (χ1n) is 6.40. The topological polar surface area (TPSA) is 58.2 Å². The molecule has 4 heteroatoms. The average molecular weight is 246 g/mol. The largest absolute Gasteiger partial charge is 0.326 e. The Morgan fingerprint density at radius 2 is 1.67 bits per heavy atom. The summed E-state index contributed by atoms with van der Waals surface area (Å²) in [6, 6.07) is 7.21. The first kappa shape index (κ1) is 12.6. The van der Waals surface area contributed by atoms with Crippen molar-refractivity contribution in [3.05, 3.63) is 24.3 Å². The molecule has 0 radical (unpaired) electrons. The van der Waals surface area contributed by atoms with E-state index in [2.05, 4.69) is 10.6 Å². The van der Waals surface area contributed by atoms with Gasteiger partial charge in [-0.15, -0.1) is 0 Å². The fourth-order valence-corrected chi connectivity index (χ4v) is 1.80. The highest BCUT2D eigenvalue weighted by molar-refractivity contribution is 5.94. The zero-order valence-electron chi connectivity index (χ0n) is 10.5. The second-order valence-electron chi connectivity index (χ2n) is 4.60. The predicted octanol–water partition coefficient (Wildman–Crippen LogP) is 2.77. The molecule has 0 saturated heterocycles. The molecule has 0 aromatic heterocycles. The summed E-state index contributed by atoms with van der Waals surface area (Å²) in [5, 5.41) is 5.65. The van der Waals surface area contributed by atoms with E-state index >= 15 is 0 Å². The van der Waals surface area contributed by atoms with Gasteiger partial charge in [0.1, 0.15) is 0 Å². The second-order valence-corrected chi connectivity index (χ2v) is 4.60. The van der Waals surface area contributed by atoms with Crippen LogP contribution >= 0.6 is 0 Å². The molecule has 2 amide bonds. The summed E-state index contributed by atoms with van der Waals surface area (Å²) in [7, 11) is 0. The summed E-state index contributed by atoms with van der Waals surface area (Å²) >= 11 is 0. The van der Waals surface area contributed by atoms with E-state index in [1.54, 1.807) is 12.1 Å². The summed E-state index contributed by atoms with van der Waals surface area (Å²) in [4.78, 5) is 22.9. The minimum absolute atomic E-state index is 0.0127. The zero-order valence-corrected chi connectivity index (χ0v) is 10.5. The van der Waals surface area contributed by atoms with Gasteiger partial charge < -0.3 is 10.6 Å². The number of amides is 2. The standard InChI is InChI=1S/C14H18N2O2/c1-2-13(17)15-11-6-8-12(9-7-11)16-14(18)10-4-3-5-10/h6-10H,2-5H2,1H3,(H,15,17)(H,16,18). The number of benzene rings is 1. The van der Waals surface area contributed by atoms with Crippen LogP contribution in [0.5, 0.6) is 0 Å². The monoisotopic (exact) mass is 246 g/mol. The molecule has 0 atom stereocenters. The van der Waals surface area contributed by atoms with Gasteiger partial charge in [0.2, 0.25) is 11.8 Å². The van der Waals surface area contributed by atoms with Crippen LogP contribution in [-0.2, 0) is 9.59 Å². The Balaban J connectivity index is 1.90. The van der Waals surface area contributed by atoms with Crippen LogP contribution in [0.1, 0.15) is 32.6 Å². The minimum atomic E-state index is -0.0127. The molecule has 4 nitrogen and oxygen atoms in total. The van der Waals surface area contributed by atoms with Crippen LogP contribution in [0.25, 0.3) is 0 Å². The average Bonchev–Trinajstić information content (AvgIpc) is 2.29. The first-order valence-corrected chi connectivity index (χ1v) is 6.40. The highest BCUT2D eigenvalue weighted by atomic mass is 16.2. The van der Waals surface area contributed by atoms with Crippen LogP contribution < -0.4 is 10.6 Å². The molecule has 0 unspecified atom stereocenters. The molecule has 1 aromatic carbocycles. The van der Waals surface area contributed by atoms with Crippen molar-refractivity contribution in [1.82, 2.24) is 0 Å². The summed E-state index contributed by atoms with van der Waals surface area (Å²) in [6.07, 6.45) is 3.60. The van der Waals surface area contributed by atoms with Crippen LogP contribution in [0.3, 0.4) is 0 Å². The van der Waals surface area contributed by atoms with Gasteiger partial charge >= 0.3 is 0 Å². The Hall–Kier alpha value is -1.84. The molecule has 1 fully saturated rings. The molecule has 0 spiro atoms. The molecule has 0 heterocycles. The molecule has 1 aromatic rings. The van der Waals surface area contributed by atoms with E-state index in [-0.39, 0.29) is 17.7 Å². The van der Waals surface area contributed by atoms with Crippen LogP contribution in [-0.4, -0.2) is 11.8 Å². The van der Waals surface area contributed by atoms with E-state index < -0.39 is 0 Å². The van der Waals surface area contributed by atoms with Crippen molar-refractivity contribution in [3.63, 3.8) is 0 Å². The summed E-state index contributed by atoms with van der Waals surface area (Å²) < 4.78 is 0. The third-order valence-corrected chi connectivity index (χ3v) is 3.23. The SMILES string of the molecule is CCC(=O)Nc1ccc(NC(=O)C2CCC2)cc1. The molecular formula is C14H18N2O2. The lowest BCUT2D eigenvalue weighted by Gasteiger charge is -2.24. The van der Waals surface area contributed by atoms with Crippen molar-refractivity contribution < 1.29 is 9.59 Å². The fourth-order valence-electron chi connectivity index (χ4n) is 1.80. The number of carbonyl (C=O) groups excluding carboxylic acids is 2. The fraction of sp³-hybridized carbons (Fsp3) is 0.429. The summed E-state index contributed by atoms with van der Waals surface area (Å²) in [6.45, 7) is 1.81. The Labute approximate surface area is 107 Å². The van der Waals surface area contributed by atoms with Crippen molar-refractivity contribution >= 4 is 23.2 Å². The smallest absolute Gasteiger partial charge is 0.227 e. The van der Waals surface area contributed by atoms with Crippen molar-refractivity contribution in [1.29, 1.82) is 0 Å². The van der Waals surface area contributed by atoms with Crippen LogP contribution in [0.15, 0.2) is 24.3 Å². The molecule has 1 aliphatic rings. The number of anilines is 2. The van der Waals surface area contributed by atoms with E-state index in [1.807, 2.05) is 19.1 Å². The third kappa shape index (κ3) is 3.09. The van der Waals surface area contributed by atoms with Crippen molar-refractivity contribution in [2.75, 3.05) is 10.6 Å². The minimum Gasteiger partial charge on any atom is -0.326 e. The second kappa shape index (κ2) is 5.67. The van der Waals surface area contributed by atoms with Gasteiger partial charge in [-0.3, -0.25) is 9.59 Å². The molecule has 0 bridgehead atoms. The van der Waals surface area contributed by atoms with E-state index in [1.165, 1.54) is 0 Å². The number of rotatable bonds is 4. The maximum absolute atomic E-state index is 11.7. The number of hydrogen-bond donors (Lipinski definition) is 2. The molecule has 18 heavy (non-hydrogen) atoms. The lowest BCUT2D eigenvalue weighted by atomic mass is 9.85. The predicted molar refractivity (Wildman–Crippen MR) is 71.3 cm³/mol. The van der Waals surface area contributed by atoms with Gasteiger partial charge in [0.15, 0.2) is 0 Å². The van der Waals surface area contributed by atoms with Gasteiger partial charge in [-0.1, -0.05) is 13.3 Å². The normalized spacial score (nSPS) is 14.7. The van der Waals surface area contributed by atoms with Crippen LogP contribution in [0.4, 0.5) is 11.4 Å². The molecule has 96 valence electrons. The molecule has 1 aliphatic carbocycles. The maximum Gasteiger partial charge on any atom is 0.227 e. The molecule has 2 rings (SSSR count). The molecule has 2 N–H and O–H groups in total. The summed E-state index contributed by atoms with van der Waals surface area (Å²) in [5.74, 6) is 0.275. The Bertz CT molecular complexity index is 436. The molecule has 1 saturated carbocycles. The van der Waals surface area contributed by atoms with E-state index in [4.69, 9.17) is 0 Å². The van der Waals surface area contributed by atoms with Gasteiger partial charge in [-0.2, -0.15) is 0 Å². The highest BCUT2D eigenvalue weighted by Gasteiger charge is 2.24. The lowest BCUT2D eigenvalue weighted by Crippen LogP contribution is -2.27. The summed E-state index contributed by atoms with van der Waals surface area (Å²) in [5.41, 5.74) is 1.53. The van der Waals surface area contributed by atoms with Gasteiger partial charge in [0.05, 0.1) is 0 Å². The Morgan fingerprint density at radius 3 is 2.11 bits per heavy atom. The maximum atomic E-state index is 11.7. The number of hydrogen-bond acceptors (Lipinski definition) is 2. The van der Waals surface area contributed by atoms with Gasteiger partial charge in [-0.05, 0) is 37.1 Å². The van der Waals surface area contributed by atoms with Crippen molar-refractivity contribution in [3.8, 4) is 0 Å². The van der Waals surface area contributed by atoms with Crippen LogP contribution in [0.2, 0.25) is 0 Å². The van der Waals surface area contributed by atoms with Gasteiger partial charge in [0, 0.05) is 23.7 Å². The first-order chi connectivity index (χ1) is 8.69. The van der Waals surface area contributed by atoms with E-state index in [9.17, 15) is 9.59 Å². The molecule has 0 aliphatic heterocycles. The highest BCUT2D eigenvalue weighted by Crippen LogP contribution is 2.27. The van der Waals surface area contributed by atoms with E-state index in [0.29, 0.717) is 6.42 Å². The van der Waals surface area contributed by atoms with Gasteiger partial charge in [0.25, 0.3) is 0 Å². The van der Waals surface area contributed by atoms with Crippen molar-refractivity contribution in [2.24, 2.45) is 5.92 Å². The number of nitrogens with one attached hydrogen (secondary N) is 2. The van der Waals surface area contributed by atoms with Crippen molar-refractivity contribution in [2.45, 2.75) is 32.6 Å². The molecular weight excluding hydrogens is 228 g/mol. The third-order valence-electron chi connectivity index (χ3n) is 3.23. The van der Waals surface area contributed by atoms with Crippen LogP contribution in [0, 0.1) is 5.92 Å². The van der Waals surface area contributed by atoms with E-state index in [0.717, 1.165) is 30.6 Å². The lowest BCUT2D eigenvalue weighted by molar-refractivity contribution is -0.122.